The van der Waals surface area contributed by atoms with Gasteiger partial charge in [-0.3, -0.25) is 4.57 Å². The number of halogens is 2. The van der Waals surface area contributed by atoms with Crippen molar-refractivity contribution in [2.45, 2.75) is 6.92 Å². The smallest absolute Gasteiger partial charge is 0.182 e. The number of aromatic nitrogens is 2. The predicted octanol–water partition coefficient (Wildman–Crippen LogP) is 4.26. The first kappa shape index (κ1) is 10.9. The van der Waals surface area contributed by atoms with Gasteiger partial charge in [0.2, 0.25) is 0 Å². The number of H-pyrrole nitrogens is 1. The van der Waals surface area contributed by atoms with Crippen molar-refractivity contribution >= 4 is 39.7 Å². The van der Waals surface area contributed by atoms with E-state index >= 15 is 0 Å². The lowest BCUT2D eigenvalue weighted by molar-refractivity contribution is 0.979. The summed E-state index contributed by atoms with van der Waals surface area (Å²) in [6.45, 7) is 1.99. The summed E-state index contributed by atoms with van der Waals surface area (Å²) < 4.78 is 3.45. The Morgan fingerprint density at radius 2 is 2.20 bits per heavy atom. The number of imidazole rings is 1. The van der Waals surface area contributed by atoms with E-state index in [1.807, 2.05) is 35.9 Å². The Morgan fingerprint density at radius 1 is 1.47 bits per heavy atom. The zero-order valence-corrected chi connectivity index (χ0v) is 11.1. The summed E-state index contributed by atoms with van der Waals surface area (Å²) in [6, 6.07) is 5.70. The Morgan fingerprint density at radius 3 is 2.80 bits per heavy atom. The van der Waals surface area contributed by atoms with Crippen molar-refractivity contribution in [3.63, 3.8) is 0 Å². The van der Waals surface area contributed by atoms with Crippen LogP contribution in [0.4, 0.5) is 0 Å². The Balaban J connectivity index is 2.75. The van der Waals surface area contributed by atoms with Crippen molar-refractivity contribution in [3.05, 3.63) is 44.4 Å². The summed E-state index contributed by atoms with van der Waals surface area (Å²) in [5.41, 5.74) is 1.99. The van der Waals surface area contributed by atoms with E-state index in [1.165, 1.54) is 0 Å². The molecule has 0 spiro atoms. The van der Waals surface area contributed by atoms with Crippen LogP contribution in [0.25, 0.3) is 5.69 Å². The first-order chi connectivity index (χ1) is 7.11. The third-order valence-corrected chi connectivity index (χ3v) is 3.81. The number of aromatic amines is 1. The van der Waals surface area contributed by atoms with E-state index in [9.17, 15) is 0 Å². The average molecular weight is 304 g/mol. The molecule has 0 saturated carbocycles. The van der Waals surface area contributed by atoms with Crippen LogP contribution in [-0.4, -0.2) is 9.55 Å². The molecule has 1 N–H and O–H groups in total. The number of benzene rings is 1. The van der Waals surface area contributed by atoms with Crippen LogP contribution in [0.15, 0.2) is 28.9 Å². The zero-order chi connectivity index (χ0) is 11.0. The van der Waals surface area contributed by atoms with Gasteiger partial charge in [0.1, 0.15) is 0 Å². The largest absolute Gasteiger partial charge is 0.337 e. The highest BCUT2D eigenvalue weighted by molar-refractivity contribution is 9.10. The van der Waals surface area contributed by atoms with E-state index in [0.29, 0.717) is 9.79 Å². The van der Waals surface area contributed by atoms with E-state index in [1.54, 1.807) is 0 Å². The fourth-order valence-electron chi connectivity index (χ4n) is 1.42. The van der Waals surface area contributed by atoms with Crippen molar-refractivity contribution in [2.75, 3.05) is 0 Å². The van der Waals surface area contributed by atoms with Crippen LogP contribution < -0.4 is 0 Å². The molecule has 15 heavy (non-hydrogen) atoms. The van der Waals surface area contributed by atoms with Gasteiger partial charge in [0.15, 0.2) is 4.77 Å². The second kappa shape index (κ2) is 4.12. The summed E-state index contributed by atoms with van der Waals surface area (Å²) in [5.74, 6) is 0. The number of nitrogens with one attached hydrogen (secondary N) is 1. The maximum atomic E-state index is 6.03. The molecule has 0 atom stereocenters. The molecule has 0 bridgehead atoms. The first-order valence-electron chi connectivity index (χ1n) is 4.32. The topological polar surface area (TPSA) is 20.7 Å². The van der Waals surface area contributed by atoms with Crippen LogP contribution in [0.1, 0.15) is 5.69 Å². The zero-order valence-electron chi connectivity index (χ0n) is 7.92. The lowest BCUT2D eigenvalue weighted by Crippen LogP contribution is -1.97. The van der Waals surface area contributed by atoms with Crippen molar-refractivity contribution in [2.24, 2.45) is 0 Å². The van der Waals surface area contributed by atoms with Gasteiger partial charge < -0.3 is 4.98 Å². The van der Waals surface area contributed by atoms with Crippen LogP contribution in [0.3, 0.4) is 0 Å². The van der Waals surface area contributed by atoms with Crippen LogP contribution in [0.2, 0.25) is 5.02 Å². The lowest BCUT2D eigenvalue weighted by Gasteiger charge is -2.08. The third kappa shape index (κ3) is 1.89. The Kier molecular flexibility index (Phi) is 3.00. The minimum absolute atomic E-state index is 0.662. The fourth-order valence-corrected chi connectivity index (χ4v) is 2.33. The van der Waals surface area contributed by atoms with Gasteiger partial charge >= 0.3 is 0 Å². The number of hydrogen-bond donors (Lipinski definition) is 1. The fraction of sp³-hybridized carbons (Fsp3) is 0.100. The lowest BCUT2D eigenvalue weighted by atomic mass is 10.3. The van der Waals surface area contributed by atoms with Gasteiger partial charge in [-0.15, -0.1) is 0 Å². The average Bonchev–Trinajstić information content (AvgIpc) is 2.52. The molecule has 1 aromatic heterocycles. The van der Waals surface area contributed by atoms with Gasteiger partial charge in [-0.1, -0.05) is 17.7 Å². The third-order valence-electron chi connectivity index (χ3n) is 2.13. The van der Waals surface area contributed by atoms with Crippen LogP contribution >= 0.6 is 39.7 Å². The molecule has 1 heterocycles. The molecular weight excluding hydrogens is 296 g/mol. The summed E-state index contributed by atoms with van der Waals surface area (Å²) in [6.07, 6.45) is 1.87. The highest BCUT2D eigenvalue weighted by atomic mass is 79.9. The molecule has 0 aliphatic rings. The molecule has 0 unspecified atom stereocenters. The second-order valence-corrected chi connectivity index (χ2v) is 4.73. The SMILES string of the molecule is Cc1c[nH]c(=S)n1-c1cccc(Cl)c1Br. The van der Waals surface area contributed by atoms with Crippen molar-refractivity contribution in [1.29, 1.82) is 0 Å². The van der Waals surface area contributed by atoms with Gasteiger partial charge in [-0.05, 0) is 47.2 Å². The highest BCUT2D eigenvalue weighted by Gasteiger charge is 2.08. The van der Waals surface area contributed by atoms with E-state index in [-0.39, 0.29) is 0 Å². The summed E-state index contributed by atoms with van der Waals surface area (Å²) in [4.78, 5) is 3.00. The molecule has 0 aliphatic carbocycles. The van der Waals surface area contributed by atoms with Gasteiger partial charge in [-0.2, -0.15) is 0 Å². The van der Waals surface area contributed by atoms with Crippen molar-refractivity contribution in [1.82, 2.24) is 9.55 Å². The molecule has 0 saturated heterocycles. The van der Waals surface area contributed by atoms with E-state index in [2.05, 4.69) is 20.9 Å². The standard InChI is InChI=1S/C10H8BrClN2S/c1-6-5-13-10(15)14(6)8-4-2-3-7(12)9(8)11/h2-5H,1H3,(H,13,15). The number of rotatable bonds is 1. The van der Waals surface area contributed by atoms with Crippen LogP contribution in [0.5, 0.6) is 0 Å². The second-order valence-electron chi connectivity index (χ2n) is 3.14. The Labute approximate surface area is 106 Å². The number of nitrogens with zero attached hydrogens (tertiary/aromatic N) is 1. The summed E-state index contributed by atoms with van der Waals surface area (Å²) in [5, 5.41) is 0.676. The predicted molar refractivity (Wildman–Crippen MR) is 68.4 cm³/mol. The molecule has 0 radical (unpaired) electrons. The molecule has 2 rings (SSSR count). The summed E-state index contributed by atoms with van der Waals surface area (Å²) >= 11 is 14.7. The normalized spacial score (nSPS) is 10.6. The molecule has 1 aromatic carbocycles. The minimum atomic E-state index is 0.662. The molecule has 2 aromatic rings. The molecule has 5 heteroatoms. The maximum Gasteiger partial charge on any atom is 0.182 e. The van der Waals surface area contributed by atoms with Crippen molar-refractivity contribution in [3.8, 4) is 5.69 Å². The van der Waals surface area contributed by atoms with Gasteiger partial charge in [0, 0.05) is 11.9 Å². The van der Waals surface area contributed by atoms with Crippen molar-refractivity contribution < 1.29 is 0 Å². The van der Waals surface area contributed by atoms with Crippen LogP contribution in [0, 0.1) is 11.7 Å². The van der Waals surface area contributed by atoms with Gasteiger partial charge in [0.25, 0.3) is 0 Å². The molecule has 0 aliphatic heterocycles. The quantitative estimate of drug-likeness (QED) is 0.781. The van der Waals surface area contributed by atoms with Gasteiger partial charge in [-0.25, -0.2) is 0 Å². The Hall–Kier alpha value is -0.580. The number of hydrogen-bond acceptors (Lipinski definition) is 1. The first-order valence-corrected chi connectivity index (χ1v) is 5.90. The molecule has 78 valence electrons. The van der Waals surface area contributed by atoms with Crippen LogP contribution in [-0.2, 0) is 0 Å². The summed E-state index contributed by atoms with van der Waals surface area (Å²) in [7, 11) is 0. The van der Waals surface area contributed by atoms with Gasteiger partial charge in [0.05, 0.1) is 15.2 Å². The Bertz CT molecular complexity index is 559. The molecule has 0 amide bonds. The number of aryl methyl sites for hydroxylation is 1. The molecule has 0 fully saturated rings. The monoisotopic (exact) mass is 302 g/mol. The maximum absolute atomic E-state index is 6.03. The van der Waals surface area contributed by atoms with E-state index < -0.39 is 0 Å². The van der Waals surface area contributed by atoms with E-state index in [0.717, 1.165) is 15.9 Å². The molecule has 2 nitrogen and oxygen atoms in total. The minimum Gasteiger partial charge on any atom is -0.337 e. The highest BCUT2D eigenvalue weighted by Crippen LogP contribution is 2.29. The van der Waals surface area contributed by atoms with E-state index in [4.69, 9.17) is 23.8 Å². The molecular formula is C10H8BrClN2S.